The van der Waals surface area contributed by atoms with Gasteiger partial charge >= 0.3 is 0 Å². The fraction of sp³-hybridized carbons (Fsp3) is 0.600. The molecule has 22 heavy (non-hydrogen) atoms. The van der Waals surface area contributed by atoms with E-state index in [1.165, 1.54) is 0 Å². The van der Waals surface area contributed by atoms with E-state index in [0.29, 0.717) is 50.3 Å². The van der Waals surface area contributed by atoms with Gasteiger partial charge in [-0.25, -0.2) is 9.97 Å². The summed E-state index contributed by atoms with van der Waals surface area (Å²) in [5.41, 5.74) is 1.15. The van der Waals surface area contributed by atoms with Crippen molar-refractivity contribution >= 4 is 18.3 Å². The molecule has 1 fully saturated rings. The van der Waals surface area contributed by atoms with E-state index in [4.69, 9.17) is 0 Å². The number of rotatable bonds is 5. The minimum atomic E-state index is -0.174. The number of carbonyl (C=O) groups excluding carboxylic acids is 2. The lowest BCUT2D eigenvalue weighted by atomic mass is 10.2. The molecule has 0 atom stereocenters. The number of aromatic nitrogens is 2. The van der Waals surface area contributed by atoms with Crippen molar-refractivity contribution in [2.75, 3.05) is 37.6 Å². The molecule has 0 unspecified atom stereocenters. The molecular weight excluding hydrogens is 282 g/mol. The molecule has 1 N–H and O–H groups in total. The SMILES string of the molecule is Cc1cc(C(=O)NCC(C)C)nc(N2CCN(C=O)CC2)n1. The topological polar surface area (TPSA) is 78.4 Å². The van der Waals surface area contributed by atoms with Gasteiger partial charge in [-0.2, -0.15) is 0 Å². The van der Waals surface area contributed by atoms with Crippen molar-refractivity contribution in [3.63, 3.8) is 0 Å². The standard InChI is InChI=1S/C15H23N5O2/c1-11(2)9-16-14(22)13-8-12(3)17-15(18-13)20-6-4-19(10-21)5-7-20/h8,10-11H,4-7,9H2,1-3H3,(H,16,22). The summed E-state index contributed by atoms with van der Waals surface area (Å²) in [6, 6.07) is 1.70. The monoisotopic (exact) mass is 305 g/mol. The van der Waals surface area contributed by atoms with Gasteiger partial charge in [-0.15, -0.1) is 0 Å². The largest absolute Gasteiger partial charge is 0.350 e. The fourth-order valence-corrected chi connectivity index (χ4v) is 2.23. The van der Waals surface area contributed by atoms with E-state index in [1.807, 2.05) is 25.7 Å². The molecule has 0 aliphatic carbocycles. The summed E-state index contributed by atoms with van der Waals surface area (Å²) >= 11 is 0. The molecule has 2 heterocycles. The van der Waals surface area contributed by atoms with Gasteiger partial charge in [-0.1, -0.05) is 13.8 Å². The maximum absolute atomic E-state index is 12.2. The van der Waals surface area contributed by atoms with Gasteiger partial charge in [0.2, 0.25) is 12.4 Å². The van der Waals surface area contributed by atoms with E-state index < -0.39 is 0 Å². The molecular formula is C15H23N5O2. The number of amides is 2. The van der Waals surface area contributed by atoms with Crippen LogP contribution in [-0.4, -0.2) is 59.9 Å². The molecule has 0 radical (unpaired) electrons. The van der Waals surface area contributed by atoms with Crippen molar-refractivity contribution in [2.24, 2.45) is 5.92 Å². The Morgan fingerprint density at radius 2 is 2.00 bits per heavy atom. The zero-order chi connectivity index (χ0) is 16.1. The molecule has 1 aliphatic rings. The van der Waals surface area contributed by atoms with Gasteiger partial charge in [-0.3, -0.25) is 9.59 Å². The number of anilines is 1. The van der Waals surface area contributed by atoms with Gasteiger partial charge in [0.15, 0.2) is 0 Å². The van der Waals surface area contributed by atoms with Crippen molar-refractivity contribution in [1.29, 1.82) is 0 Å². The third kappa shape index (κ3) is 4.16. The lowest BCUT2D eigenvalue weighted by Gasteiger charge is -2.32. The molecule has 0 spiro atoms. The third-order valence-corrected chi connectivity index (χ3v) is 3.49. The number of piperazine rings is 1. The predicted octanol–water partition coefficient (Wildman–Crippen LogP) is 0.449. The average Bonchev–Trinajstić information content (AvgIpc) is 2.52. The number of hydrogen-bond donors (Lipinski definition) is 1. The van der Waals surface area contributed by atoms with E-state index in [9.17, 15) is 9.59 Å². The van der Waals surface area contributed by atoms with Crippen LogP contribution in [0.1, 0.15) is 30.0 Å². The first-order valence-corrected chi connectivity index (χ1v) is 7.57. The van der Waals surface area contributed by atoms with Crippen molar-refractivity contribution < 1.29 is 9.59 Å². The molecule has 1 aromatic rings. The Morgan fingerprint density at radius 1 is 1.32 bits per heavy atom. The van der Waals surface area contributed by atoms with Crippen molar-refractivity contribution in [3.05, 3.63) is 17.5 Å². The van der Waals surface area contributed by atoms with Crippen LogP contribution in [0.3, 0.4) is 0 Å². The summed E-state index contributed by atoms with van der Waals surface area (Å²) in [5.74, 6) is 0.773. The Labute approximate surface area is 130 Å². The van der Waals surface area contributed by atoms with E-state index >= 15 is 0 Å². The van der Waals surface area contributed by atoms with Crippen molar-refractivity contribution in [3.8, 4) is 0 Å². The van der Waals surface area contributed by atoms with E-state index in [2.05, 4.69) is 15.3 Å². The number of carbonyl (C=O) groups is 2. The summed E-state index contributed by atoms with van der Waals surface area (Å²) < 4.78 is 0. The van der Waals surface area contributed by atoms with Crippen LogP contribution in [0.5, 0.6) is 0 Å². The highest BCUT2D eigenvalue weighted by atomic mass is 16.2. The molecule has 1 saturated heterocycles. The Balaban J connectivity index is 2.10. The summed E-state index contributed by atoms with van der Waals surface area (Å²) in [7, 11) is 0. The van der Waals surface area contributed by atoms with Crippen LogP contribution in [-0.2, 0) is 4.79 Å². The van der Waals surface area contributed by atoms with Crippen molar-refractivity contribution in [2.45, 2.75) is 20.8 Å². The summed E-state index contributed by atoms with van der Waals surface area (Å²) in [4.78, 5) is 35.4. The summed E-state index contributed by atoms with van der Waals surface area (Å²) in [6.07, 6.45) is 0.860. The van der Waals surface area contributed by atoms with Crippen LogP contribution in [0, 0.1) is 12.8 Å². The highest BCUT2D eigenvalue weighted by molar-refractivity contribution is 5.92. The lowest BCUT2D eigenvalue weighted by Crippen LogP contribution is -2.46. The average molecular weight is 305 g/mol. The molecule has 7 nitrogen and oxygen atoms in total. The summed E-state index contributed by atoms with van der Waals surface area (Å²) in [6.45, 7) is 9.21. The maximum Gasteiger partial charge on any atom is 0.270 e. The van der Waals surface area contributed by atoms with Gasteiger partial charge in [0.25, 0.3) is 5.91 Å². The second kappa shape index (κ2) is 7.20. The molecule has 0 saturated carbocycles. The first-order valence-electron chi connectivity index (χ1n) is 7.57. The normalized spacial score (nSPS) is 15.1. The van der Waals surface area contributed by atoms with Gasteiger partial charge in [0, 0.05) is 38.4 Å². The summed E-state index contributed by atoms with van der Waals surface area (Å²) in [5, 5.41) is 2.87. The Bertz CT molecular complexity index is 539. The Hall–Kier alpha value is -2.18. The number of aryl methyl sites for hydroxylation is 1. The number of hydrogen-bond acceptors (Lipinski definition) is 5. The number of nitrogens with zero attached hydrogens (tertiary/aromatic N) is 4. The Morgan fingerprint density at radius 3 is 2.59 bits per heavy atom. The van der Waals surface area contributed by atoms with Crippen LogP contribution in [0.25, 0.3) is 0 Å². The molecule has 120 valence electrons. The predicted molar refractivity (Wildman–Crippen MR) is 83.8 cm³/mol. The first-order chi connectivity index (χ1) is 10.5. The number of nitrogens with one attached hydrogen (secondary N) is 1. The van der Waals surface area contributed by atoms with Gasteiger partial charge in [0.1, 0.15) is 5.69 Å². The molecule has 0 bridgehead atoms. The Kier molecular flexibility index (Phi) is 5.30. The fourth-order valence-electron chi connectivity index (χ4n) is 2.23. The smallest absolute Gasteiger partial charge is 0.270 e. The zero-order valence-electron chi connectivity index (χ0n) is 13.4. The van der Waals surface area contributed by atoms with Crippen LogP contribution < -0.4 is 10.2 Å². The second-order valence-electron chi connectivity index (χ2n) is 5.93. The highest BCUT2D eigenvalue weighted by Crippen LogP contribution is 2.13. The van der Waals surface area contributed by atoms with E-state index in [0.717, 1.165) is 12.1 Å². The molecule has 1 aliphatic heterocycles. The third-order valence-electron chi connectivity index (χ3n) is 3.49. The van der Waals surface area contributed by atoms with E-state index in [1.54, 1.807) is 11.0 Å². The quantitative estimate of drug-likeness (QED) is 0.799. The molecule has 7 heteroatoms. The second-order valence-corrected chi connectivity index (χ2v) is 5.93. The maximum atomic E-state index is 12.2. The van der Waals surface area contributed by atoms with Crippen molar-refractivity contribution in [1.82, 2.24) is 20.2 Å². The molecule has 0 aromatic carbocycles. The lowest BCUT2D eigenvalue weighted by molar-refractivity contribution is -0.118. The molecule has 2 amide bonds. The zero-order valence-corrected chi connectivity index (χ0v) is 13.4. The van der Waals surface area contributed by atoms with Crippen LogP contribution in [0.15, 0.2) is 6.07 Å². The van der Waals surface area contributed by atoms with Crippen LogP contribution >= 0.6 is 0 Å². The van der Waals surface area contributed by atoms with Gasteiger partial charge in [-0.05, 0) is 18.9 Å². The van der Waals surface area contributed by atoms with Crippen LogP contribution in [0.2, 0.25) is 0 Å². The van der Waals surface area contributed by atoms with Crippen LogP contribution in [0.4, 0.5) is 5.95 Å². The van der Waals surface area contributed by atoms with Gasteiger partial charge in [0.05, 0.1) is 0 Å². The van der Waals surface area contributed by atoms with Gasteiger partial charge < -0.3 is 15.1 Å². The highest BCUT2D eigenvalue weighted by Gasteiger charge is 2.19. The minimum Gasteiger partial charge on any atom is -0.350 e. The van der Waals surface area contributed by atoms with E-state index in [-0.39, 0.29) is 5.91 Å². The molecule has 1 aromatic heterocycles. The minimum absolute atomic E-state index is 0.174. The first kappa shape index (κ1) is 16.2. The molecule has 2 rings (SSSR count).